The predicted molar refractivity (Wildman–Crippen MR) is 49.5 cm³/mol. The molecule has 0 aliphatic rings. The zero-order valence-electron chi connectivity index (χ0n) is 5.50. The summed E-state index contributed by atoms with van der Waals surface area (Å²) in [5.74, 6) is 3.00. The number of aromatic nitrogens is 1. The van der Waals surface area contributed by atoms with Gasteiger partial charge in [-0.1, -0.05) is 30.2 Å². The van der Waals surface area contributed by atoms with E-state index in [1.165, 1.54) is 0 Å². The third-order valence-corrected chi connectivity index (χ3v) is 1.48. The van der Waals surface area contributed by atoms with Gasteiger partial charge in [0.15, 0.2) is 0 Å². The van der Waals surface area contributed by atoms with Crippen LogP contribution >= 0.6 is 24.2 Å². The number of halogens is 1. The molecule has 0 spiro atoms. The fourth-order valence-electron chi connectivity index (χ4n) is 0.581. The van der Waals surface area contributed by atoms with E-state index in [1.807, 2.05) is 0 Å². The van der Waals surface area contributed by atoms with E-state index >= 15 is 0 Å². The molecule has 0 unspecified atom stereocenters. The van der Waals surface area contributed by atoms with Crippen LogP contribution in [0, 0.1) is 11.2 Å². The molecule has 2 nitrogen and oxygen atoms in total. The number of thiol groups is 1. The van der Waals surface area contributed by atoms with Crippen LogP contribution in [0.1, 0.15) is 5.56 Å². The maximum atomic E-state index is 5.67. The summed E-state index contributed by atoms with van der Waals surface area (Å²) in [4.78, 5) is 3.81. The molecule has 1 heterocycles. The SMILES string of the molecule is Nc1ncc(C#CS)cc1Cl. The Bertz CT molecular complexity index is 327. The lowest BCUT2D eigenvalue weighted by Gasteiger charge is -1.95. The van der Waals surface area contributed by atoms with Crippen LogP contribution in [0.25, 0.3) is 0 Å². The minimum atomic E-state index is 0.316. The van der Waals surface area contributed by atoms with Gasteiger partial charge >= 0.3 is 0 Å². The van der Waals surface area contributed by atoms with Gasteiger partial charge in [0.25, 0.3) is 0 Å². The first-order chi connectivity index (χ1) is 5.24. The number of nitrogen functional groups attached to an aromatic ring is 1. The van der Waals surface area contributed by atoms with Gasteiger partial charge in [0.1, 0.15) is 5.82 Å². The Morgan fingerprint density at radius 2 is 2.36 bits per heavy atom. The normalized spacial score (nSPS) is 8.55. The van der Waals surface area contributed by atoms with Crippen LogP contribution in [0.15, 0.2) is 12.3 Å². The Hall–Kier alpha value is -0.850. The molecule has 56 valence electrons. The molecule has 1 aromatic heterocycles. The highest BCUT2D eigenvalue weighted by Crippen LogP contribution is 2.15. The van der Waals surface area contributed by atoms with Gasteiger partial charge in [-0.2, -0.15) is 0 Å². The second kappa shape index (κ2) is 3.51. The summed E-state index contributed by atoms with van der Waals surface area (Å²) in [7, 11) is 0. The number of nitrogens with zero attached hydrogens (tertiary/aromatic N) is 1. The average Bonchev–Trinajstić information content (AvgIpc) is 1.98. The van der Waals surface area contributed by atoms with Crippen molar-refractivity contribution in [1.29, 1.82) is 0 Å². The zero-order valence-corrected chi connectivity index (χ0v) is 7.15. The highest BCUT2D eigenvalue weighted by molar-refractivity contribution is 7.85. The maximum Gasteiger partial charge on any atom is 0.142 e. The standard InChI is InChI=1S/C7H5ClN2S/c8-6-3-5(1-2-11)4-10-7(6)9/h3-4,11H,(H2,9,10). The van der Waals surface area contributed by atoms with Gasteiger partial charge < -0.3 is 5.73 Å². The van der Waals surface area contributed by atoms with Crippen LogP contribution in [0.2, 0.25) is 5.02 Å². The molecule has 0 amide bonds. The number of anilines is 1. The molecule has 4 heteroatoms. The Morgan fingerprint density at radius 1 is 1.64 bits per heavy atom. The molecule has 0 aromatic carbocycles. The summed E-state index contributed by atoms with van der Waals surface area (Å²) < 4.78 is 0. The first-order valence-corrected chi connectivity index (χ1v) is 3.62. The minimum absolute atomic E-state index is 0.316. The molecule has 0 radical (unpaired) electrons. The van der Waals surface area contributed by atoms with Crippen molar-refractivity contribution in [2.24, 2.45) is 0 Å². The molecule has 0 saturated heterocycles. The molecule has 1 rings (SSSR count). The molecule has 0 aliphatic heterocycles. The van der Waals surface area contributed by atoms with Crippen molar-refractivity contribution in [2.75, 3.05) is 5.73 Å². The van der Waals surface area contributed by atoms with Crippen molar-refractivity contribution >= 4 is 30.0 Å². The summed E-state index contributed by atoms with van der Waals surface area (Å²) in [6, 6.07) is 1.65. The summed E-state index contributed by atoms with van der Waals surface area (Å²) in [6.45, 7) is 0. The van der Waals surface area contributed by atoms with Crippen molar-refractivity contribution in [1.82, 2.24) is 4.98 Å². The van der Waals surface area contributed by atoms with E-state index in [-0.39, 0.29) is 0 Å². The lowest BCUT2D eigenvalue weighted by Crippen LogP contribution is -1.90. The summed E-state index contributed by atoms with van der Waals surface area (Å²) in [5.41, 5.74) is 6.08. The number of rotatable bonds is 0. The molecule has 0 aliphatic carbocycles. The molecule has 0 atom stereocenters. The van der Waals surface area contributed by atoms with Crippen LogP contribution in [0.5, 0.6) is 0 Å². The first kappa shape index (κ1) is 8.25. The molecule has 2 N–H and O–H groups in total. The lowest BCUT2D eigenvalue weighted by atomic mass is 10.3. The number of nitrogens with two attached hydrogens (primary N) is 1. The van der Waals surface area contributed by atoms with Crippen LogP contribution in [-0.2, 0) is 0 Å². The monoisotopic (exact) mass is 184 g/mol. The fourth-order valence-corrected chi connectivity index (χ4v) is 0.877. The molecule has 0 bridgehead atoms. The van der Waals surface area contributed by atoms with Crippen LogP contribution in [0.4, 0.5) is 5.82 Å². The van der Waals surface area contributed by atoms with Crippen molar-refractivity contribution in [3.8, 4) is 11.2 Å². The highest BCUT2D eigenvalue weighted by atomic mass is 35.5. The number of hydrogen-bond acceptors (Lipinski definition) is 3. The van der Waals surface area contributed by atoms with E-state index in [4.69, 9.17) is 17.3 Å². The smallest absolute Gasteiger partial charge is 0.142 e. The first-order valence-electron chi connectivity index (χ1n) is 2.80. The number of hydrogen-bond donors (Lipinski definition) is 2. The molecule has 11 heavy (non-hydrogen) atoms. The second-order valence-corrected chi connectivity index (χ2v) is 2.46. The van der Waals surface area contributed by atoms with Gasteiger partial charge in [0.2, 0.25) is 0 Å². The zero-order chi connectivity index (χ0) is 8.27. The van der Waals surface area contributed by atoms with Gasteiger partial charge in [0.05, 0.1) is 5.02 Å². The van der Waals surface area contributed by atoms with Crippen LogP contribution < -0.4 is 5.73 Å². The summed E-state index contributed by atoms with van der Waals surface area (Å²) >= 11 is 9.40. The predicted octanol–water partition coefficient (Wildman–Crippen LogP) is 1.56. The van der Waals surface area contributed by atoms with Gasteiger partial charge in [-0.25, -0.2) is 4.98 Å². The van der Waals surface area contributed by atoms with Gasteiger partial charge in [-0.05, 0) is 11.3 Å². The minimum Gasteiger partial charge on any atom is -0.382 e. The fraction of sp³-hybridized carbons (Fsp3) is 0. The largest absolute Gasteiger partial charge is 0.382 e. The Labute approximate surface area is 75.2 Å². The van der Waals surface area contributed by atoms with E-state index in [1.54, 1.807) is 12.3 Å². The van der Waals surface area contributed by atoms with E-state index < -0.39 is 0 Å². The molecule has 0 saturated carbocycles. The van der Waals surface area contributed by atoms with Crippen molar-refractivity contribution in [3.63, 3.8) is 0 Å². The van der Waals surface area contributed by atoms with Crippen molar-refractivity contribution < 1.29 is 0 Å². The average molecular weight is 185 g/mol. The molecular weight excluding hydrogens is 180 g/mol. The van der Waals surface area contributed by atoms with Crippen molar-refractivity contribution in [2.45, 2.75) is 0 Å². The third-order valence-electron chi connectivity index (χ3n) is 1.07. The molecule has 0 fully saturated rings. The van der Waals surface area contributed by atoms with Gasteiger partial charge in [-0.15, -0.1) is 0 Å². The second-order valence-electron chi connectivity index (χ2n) is 1.83. The summed E-state index contributed by atoms with van der Waals surface area (Å²) in [5, 5.41) is 2.85. The van der Waals surface area contributed by atoms with E-state index in [9.17, 15) is 0 Å². The van der Waals surface area contributed by atoms with Crippen molar-refractivity contribution in [3.05, 3.63) is 22.8 Å². The van der Waals surface area contributed by atoms with Crippen LogP contribution in [0.3, 0.4) is 0 Å². The Kier molecular flexibility index (Phi) is 2.64. The topological polar surface area (TPSA) is 38.9 Å². The maximum absolute atomic E-state index is 5.67. The van der Waals surface area contributed by atoms with Gasteiger partial charge in [-0.3, -0.25) is 0 Å². The Balaban J connectivity index is 3.12. The number of pyridine rings is 1. The Morgan fingerprint density at radius 3 is 2.91 bits per heavy atom. The summed E-state index contributed by atoms with van der Waals surface area (Å²) in [6.07, 6.45) is 1.55. The van der Waals surface area contributed by atoms with Crippen LogP contribution in [-0.4, -0.2) is 4.98 Å². The van der Waals surface area contributed by atoms with E-state index in [2.05, 4.69) is 28.8 Å². The van der Waals surface area contributed by atoms with E-state index in [0.29, 0.717) is 16.4 Å². The van der Waals surface area contributed by atoms with E-state index in [0.717, 1.165) is 0 Å². The van der Waals surface area contributed by atoms with Gasteiger partial charge in [0, 0.05) is 11.8 Å². The lowest BCUT2D eigenvalue weighted by molar-refractivity contribution is 1.32. The quantitative estimate of drug-likeness (QED) is 0.475. The highest BCUT2D eigenvalue weighted by Gasteiger charge is 1.96. The molecule has 1 aromatic rings. The third kappa shape index (κ3) is 2.04. The molecular formula is C7H5ClN2S.